The molecule has 2 atom stereocenters. The summed E-state index contributed by atoms with van der Waals surface area (Å²) in [7, 11) is 5.00. The Labute approximate surface area is 211 Å². The normalized spacial score (nSPS) is 17.2. The number of hydrogen-bond donors (Lipinski definition) is 0. The molecule has 0 saturated carbocycles. The van der Waals surface area contributed by atoms with Gasteiger partial charge in [-0.3, -0.25) is 9.59 Å². The summed E-state index contributed by atoms with van der Waals surface area (Å²) >= 11 is 6.32. The van der Waals surface area contributed by atoms with Gasteiger partial charge < -0.3 is 19.3 Å². The number of ether oxygens (including phenoxy) is 2. The number of rotatable bonds is 7. The van der Waals surface area contributed by atoms with E-state index in [0.717, 1.165) is 11.1 Å². The summed E-state index contributed by atoms with van der Waals surface area (Å²) in [5, 5.41) is 0.393. The Hall–Kier alpha value is -3.51. The lowest BCUT2D eigenvalue weighted by Gasteiger charge is -2.25. The predicted octanol–water partition coefficient (Wildman–Crippen LogP) is 4.87. The van der Waals surface area contributed by atoms with E-state index in [4.69, 9.17) is 21.1 Å². The average molecular weight is 493 g/mol. The molecule has 0 aromatic heterocycles. The molecule has 2 amide bonds. The van der Waals surface area contributed by atoms with Gasteiger partial charge in [0.1, 0.15) is 11.5 Å². The summed E-state index contributed by atoms with van der Waals surface area (Å²) in [4.78, 5) is 30.6. The third-order valence-electron chi connectivity index (χ3n) is 6.50. The van der Waals surface area contributed by atoms with Crippen LogP contribution in [0.4, 0.5) is 0 Å². The molecule has 3 aromatic rings. The number of methoxy groups -OCH3 is 2. The van der Waals surface area contributed by atoms with Gasteiger partial charge in [-0.05, 0) is 35.9 Å². The molecule has 0 aliphatic carbocycles. The van der Waals surface area contributed by atoms with Crippen molar-refractivity contribution in [2.45, 2.75) is 12.5 Å². The molecule has 0 unspecified atom stereocenters. The molecule has 1 aliphatic rings. The molecule has 0 bridgehead atoms. The highest BCUT2D eigenvalue weighted by molar-refractivity contribution is 6.33. The Balaban J connectivity index is 1.68. The summed E-state index contributed by atoms with van der Waals surface area (Å²) in [6, 6.07) is 22.4. The zero-order chi connectivity index (χ0) is 24.9. The standard InChI is InChI=1S/C28H29ClN2O4/c1-30(16-19-9-5-4-6-10-19)27(32)24-18-31(28(33)21-11-7-8-12-25(21)29)17-23(24)22-15-20(34-2)13-14-26(22)35-3/h4-15,23-24H,16-18H2,1-3H3/t23-,24-/m1/s1. The number of likely N-dealkylation sites (tertiary alicyclic amines) is 1. The van der Waals surface area contributed by atoms with Crippen molar-refractivity contribution < 1.29 is 19.1 Å². The van der Waals surface area contributed by atoms with Crippen LogP contribution in [0.1, 0.15) is 27.4 Å². The second-order valence-electron chi connectivity index (χ2n) is 8.69. The maximum atomic E-state index is 13.7. The van der Waals surface area contributed by atoms with Gasteiger partial charge in [-0.15, -0.1) is 0 Å². The van der Waals surface area contributed by atoms with Gasteiger partial charge in [-0.2, -0.15) is 0 Å². The van der Waals surface area contributed by atoms with E-state index in [1.165, 1.54) is 0 Å². The van der Waals surface area contributed by atoms with Crippen LogP contribution in [0.3, 0.4) is 0 Å². The fraction of sp³-hybridized carbons (Fsp3) is 0.286. The number of nitrogens with zero attached hydrogens (tertiary/aromatic N) is 2. The van der Waals surface area contributed by atoms with Gasteiger partial charge in [-0.1, -0.05) is 54.1 Å². The molecule has 1 aliphatic heterocycles. The summed E-state index contributed by atoms with van der Waals surface area (Å²) < 4.78 is 11.1. The van der Waals surface area contributed by atoms with E-state index in [9.17, 15) is 9.59 Å². The van der Waals surface area contributed by atoms with Crippen molar-refractivity contribution in [3.8, 4) is 11.5 Å². The van der Waals surface area contributed by atoms with Gasteiger partial charge in [0.05, 0.1) is 30.7 Å². The molecule has 7 heteroatoms. The van der Waals surface area contributed by atoms with Crippen molar-refractivity contribution in [2.24, 2.45) is 5.92 Å². The molecular weight excluding hydrogens is 464 g/mol. The average Bonchev–Trinajstić information content (AvgIpc) is 3.33. The molecule has 0 radical (unpaired) electrons. The molecule has 182 valence electrons. The zero-order valence-corrected chi connectivity index (χ0v) is 20.9. The molecule has 3 aromatic carbocycles. The monoisotopic (exact) mass is 492 g/mol. The Bertz CT molecular complexity index is 1200. The number of halogens is 1. The van der Waals surface area contributed by atoms with E-state index in [1.807, 2.05) is 48.5 Å². The van der Waals surface area contributed by atoms with Crippen molar-refractivity contribution in [1.29, 1.82) is 0 Å². The van der Waals surface area contributed by atoms with Crippen LogP contribution in [0.15, 0.2) is 72.8 Å². The predicted molar refractivity (Wildman–Crippen MR) is 136 cm³/mol. The van der Waals surface area contributed by atoms with Gasteiger partial charge in [0.15, 0.2) is 0 Å². The van der Waals surface area contributed by atoms with Crippen molar-refractivity contribution in [3.63, 3.8) is 0 Å². The van der Waals surface area contributed by atoms with Crippen LogP contribution in [0.5, 0.6) is 11.5 Å². The maximum absolute atomic E-state index is 13.7. The molecule has 1 saturated heterocycles. The van der Waals surface area contributed by atoms with Crippen LogP contribution in [0.25, 0.3) is 0 Å². The maximum Gasteiger partial charge on any atom is 0.255 e. The van der Waals surface area contributed by atoms with E-state index < -0.39 is 5.92 Å². The highest BCUT2D eigenvalue weighted by atomic mass is 35.5. The fourth-order valence-corrected chi connectivity index (χ4v) is 4.90. The topological polar surface area (TPSA) is 59.1 Å². The zero-order valence-electron chi connectivity index (χ0n) is 20.1. The lowest BCUT2D eigenvalue weighted by molar-refractivity contribution is -0.134. The first-order valence-corrected chi connectivity index (χ1v) is 11.8. The number of hydrogen-bond acceptors (Lipinski definition) is 4. The number of amides is 2. The van der Waals surface area contributed by atoms with Crippen molar-refractivity contribution >= 4 is 23.4 Å². The van der Waals surface area contributed by atoms with Gasteiger partial charge in [-0.25, -0.2) is 0 Å². The molecule has 6 nitrogen and oxygen atoms in total. The molecule has 35 heavy (non-hydrogen) atoms. The summed E-state index contributed by atoms with van der Waals surface area (Å²) in [5.74, 6) is 0.391. The second kappa shape index (κ2) is 10.8. The van der Waals surface area contributed by atoms with E-state index >= 15 is 0 Å². The van der Waals surface area contributed by atoms with Gasteiger partial charge in [0.2, 0.25) is 5.91 Å². The highest BCUT2D eigenvalue weighted by Crippen LogP contribution is 2.41. The Kier molecular flexibility index (Phi) is 7.61. The molecule has 1 fully saturated rings. The van der Waals surface area contributed by atoms with Gasteiger partial charge in [0.25, 0.3) is 5.91 Å². The minimum absolute atomic E-state index is 0.0295. The van der Waals surface area contributed by atoms with Crippen molar-refractivity contribution in [1.82, 2.24) is 9.80 Å². The van der Waals surface area contributed by atoms with Crippen LogP contribution in [0.2, 0.25) is 5.02 Å². The first-order valence-electron chi connectivity index (χ1n) is 11.5. The fourth-order valence-electron chi connectivity index (χ4n) is 4.69. The van der Waals surface area contributed by atoms with E-state index in [0.29, 0.717) is 35.2 Å². The molecular formula is C28H29ClN2O4. The first-order chi connectivity index (χ1) is 16.9. The lowest BCUT2D eigenvalue weighted by Crippen LogP contribution is -2.36. The van der Waals surface area contributed by atoms with Crippen molar-refractivity contribution in [3.05, 3.63) is 94.5 Å². The van der Waals surface area contributed by atoms with Crippen LogP contribution >= 0.6 is 11.6 Å². The van der Waals surface area contributed by atoms with E-state index in [2.05, 4.69) is 0 Å². The summed E-state index contributed by atoms with van der Waals surface area (Å²) in [6.45, 7) is 1.13. The smallest absolute Gasteiger partial charge is 0.255 e. The quantitative estimate of drug-likeness (QED) is 0.472. The minimum Gasteiger partial charge on any atom is -0.497 e. The van der Waals surface area contributed by atoms with Gasteiger partial charge >= 0.3 is 0 Å². The SMILES string of the molecule is COc1ccc(OC)c([C@H]2CN(C(=O)c3ccccc3Cl)C[C@H]2C(=O)N(C)Cc2ccccc2)c1. The Morgan fingerprint density at radius 1 is 0.971 bits per heavy atom. The van der Waals surface area contributed by atoms with Crippen LogP contribution in [-0.4, -0.2) is 56.0 Å². The molecule has 0 N–H and O–H groups in total. The van der Waals surface area contributed by atoms with E-state index in [1.54, 1.807) is 55.3 Å². The molecule has 1 heterocycles. The van der Waals surface area contributed by atoms with Crippen LogP contribution in [0, 0.1) is 5.92 Å². The van der Waals surface area contributed by atoms with Crippen LogP contribution in [-0.2, 0) is 11.3 Å². The number of carbonyl (C=O) groups excluding carboxylic acids is 2. The Morgan fingerprint density at radius 2 is 1.69 bits per heavy atom. The largest absolute Gasteiger partial charge is 0.497 e. The highest BCUT2D eigenvalue weighted by Gasteiger charge is 2.43. The third-order valence-corrected chi connectivity index (χ3v) is 6.83. The first kappa shape index (κ1) is 24.6. The molecule has 4 rings (SSSR count). The number of benzene rings is 3. The molecule has 0 spiro atoms. The summed E-state index contributed by atoms with van der Waals surface area (Å²) in [5.41, 5.74) is 2.31. The van der Waals surface area contributed by atoms with Gasteiger partial charge in [0, 0.05) is 38.2 Å². The summed E-state index contributed by atoms with van der Waals surface area (Å²) in [6.07, 6.45) is 0. The van der Waals surface area contributed by atoms with E-state index in [-0.39, 0.29) is 24.3 Å². The lowest BCUT2D eigenvalue weighted by atomic mass is 9.87. The minimum atomic E-state index is -0.448. The van der Waals surface area contributed by atoms with Crippen molar-refractivity contribution in [2.75, 3.05) is 34.4 Å². The third kappa shape index (κ3) is 5.28. The Morgan fingerprint density at radius 3 is 2.37 bits per heavy atom. The second-order valence-corrected chi connectivity index (χ2v) is 9.10. The number of carbonyl (C=O) groups is 2. The van der Waals surface area contributed by atoms with Crippen LogP contribution < -0.4 is 9.47 Å².